The fourth-order valence-corrected chi connectivity index (χ4v) is 1.22. The summed E-state index contributed by atoms with van der Waals surface area (Å²) in [4.78, 5) is 0. The third kappa shape index (κ3) is 9.96. The lowest BCUT2D eigenvalue weighted by molar-refractivity contribution is 0.287. The molecule has 1 saturated carbocycles. The van der Waals surface area contributed by atoms with E-state index in [1.807, 2.05) is 0 Å². The van der Waals surface area contributed by atoms with Crippen LogP contribution in [0.4, 0.5) is 0 Å². The topological polar surface area (TPSA) is 20.2 Å². The molecule has 0 aromatic heterocycles. The first-order valence-electron chi connectivity index (χ1n) is 5.02. The summed E-state index contributed by atoms with van der Waals surface area (Å²) in [5.41, 5.74) is 0. The van der Waals surface area contributed by atoms with E-state index in [-0.39, 0.29) is 0 Å². The molecule has 0 aromatic rings. The number of rotatable bonds is 2. The molecule has 0 saturated heterocycles. The fourth-order valence-electron chi connectivity index (χ4n) is 1.22. The van der Waals surface area contributed by atoms with Crippen LogP contribution in [-0.4, -0.2) is 11.7 Å². The summed E-state index contributed by atoms with van der Waals surface area (Å²) in [6.45, 7) is 2.40. The van der Waals surface area contributed by atoms with Gasteiger partial charge in [0.05, 0.1) is 0 Å². The quantitative estimate of drug-likeness (QED) is 0.654. The number of hydrogen-bond acceptors (Lipinski definition) is 1. The molecule has 0 atom stereocenters. The van der Waals surface area contributed by atoms with Crippen LogP contribution < -0.4 is 0 Å². The summed E-state index contributed by atoms with van der Waals surface area (Å²) >= 11 is 0. The summed E-state index contributed by atoms with van der Waals surface area (Å²) in [6.07, 6.45) is 11.0. The molecule has 0 spiro atoms. The Balaban J connectivity index is 0.000000187. The monoisotopic (exact) mass is 158 g/mol. The molecule has 1 aliphatic rings. The van der Waals surface area contributed by atoms with Gasteiger partial charge in [0.25, 0.3) is 0 Å². The predicted molar refractivity (Wildman–Crippen MR) is 49.7 cm³/mol. The van der Waals surface area contributed by atoms with E-state index in [9.17, 15) is 0 Å². The summed E-state index contributed by atoms with van der Waals surface area (Å²) in [5.74, 6) is 0. The highest BCUT2D eigenvalue weighted by molar-refractivity contribution is 4.51. The SMILES string of the molecule is C1CCCCC1.CCCCO. The van der Waals surface area contributed by atoms with E-state index in [0.29, 0.717) is 6.61 Å². The van der Waals surface area contributed by atoms with Crippen LogP contribution in [0.3, 0.4) is 0 Å². The van der Waals surface area contributed by atoms with E-state index in [1.54, 1.807) is 0 Å². The number of aliphatic hydroxyl groups is 1. The van der Waals surface area contributed by atoms with Crippen LogP contribution in [0.2, 0.25) is 0 Å². The molecule has 1 nitrogen and oxygen atoms in total. The molecule has 0 unspecified atom stereocenters. The first-order chi connectivity index (χ1) is 5.41. The maximum Gasteiger partial charge on any atom is 0.0430 e. The number of hydrogen-bond donors (Lipinski definition) is 1. The first-order valence-corrected chi connectivity index (χ1v) is 5.02. The van der Waals surface area contributed by atoms with Gasteiger partial charge in [0.2, 0.25) is 0 Å². The Hall–Kier alpha value is -0.0400. The molecular weight excluding hydrogens is 136 g/mol. The highest BCUT2D eigenvalue weighted by Gasteiger charge is 1.95. The molecule has 1 aliphatic carbocycles. The minimum atomic E-state index is 0.344. The van der Waals surface area contributed by atoms with Gasteiger partial charge < -0.3 is 5.11 Å². The molecule has 0 radical (unpaired) electrons. The Morgan fingerprint density at radius 3 is 1.36 bits per heavy atom. The lowest BCUT2D eigenvalue weighted by atomic mass is 10.0. The lowest BCUT2D eigenvalue weighted by Crippen LogP contribution is -1.85. The zero-order valence-corrected chi connectivity index (χ0v) is 7.81. The summed E-state index contributed by atoms with van der Waals surface area (Å²) in [6, 6.07) is 0. The van der Waals surface area contributed by atoms with Crippen LogP contribution in [-0.2, 0) is 0 Å². The van der Waals surface area contributed by atoms with Crippen LogP contribution in [0.25, 0.3) is 0 Å². The van der Waals surface area contributed by atoms with Crippen LogP contribution >= 0.6 is 0 Å². The molecule has 0 heterocycles. The highest BCUT2D eigenvalue weighted by Crippen LogP contribution is 2.15. The van der Waals surface area contributed by atoms with E-state index in [1.165, 1.54) is 38.5 Å². The molecular formula is C10H22O. The minimum Gasteiger partial charge on any atom is -0.396 e. The van der Waals surface area contributed by atoms with E-state index in [4.69, 9.17) is 5.11 Å². The maximum atomic E-state index is 8.07. The van der Waals surface area contributed by atoms with Gasteiger partial charge in [0.1, 0.15) is 0 Å². The Bertz CT molecular complexity index is 44.4. The molecule has 0 aliphatic heterocycles. The zero-order valence-electron chi connectivity index (χ0n) is 7.81. The second-order valence-electron chi connectivity index (χ2n) is 3.20. The molecule has 1 heteroatoms. The Kier molecular flexibility index (Phi) is 9.92. The van der Waals surface area contributed by atoms with E-state index >= 15 is 0 Å². The largest absolute Gasteiger partial charge is 0.396 e. The van der Waals surface area contributed by atoms with Gasteiger partial charge in [0.15, 0.2) is 0 Å². The van der Waals surface area contributed by atoms with Crippen LogP contribution in [0.15, 0.2) is 0 Å². The Morgan fingerprint density at radius 1 is 0.909 bits per heavy atom. The van der Waals surface area contributed by atoms with Crippen molar-refractivity contribution in [3.63, 3.8) is 0 Å². The van der Waals surface area contributed by atoms with E-state index < -0.39 is 0 Å². The van der Waals surface area contributed by atoms with Crippen molar-refractivity contribution in [3.05, 3.63) is 0 Å². The van der Waals surface area contributed by atoms with Crippen molar-refractivity contribution in [1.29, 1.82) is 0 Å². The second kappa shape index (κ2) is 9.96. The van der Waals surface area contributed by atoms with Crippen molar-refractivity contribution in [2.24, 2.45) is 0 Å². The highest BCUT2D eigenvalue weighted by atomic mass is 16.2. The molecule has 1 rings (SSSR count). The molecule has 11 heavy (non-hydrogen) atoms. The second-order valence-corrected chi connectivity index (χ2v) is 3.20. The first kappa shape index (κ1) is 11.0. The smallest absolute Gasteiger partial charge is 0.0430 e. The van der Waals surface area contributed by atoms with Crippen molar-refractivity contribution in [1.82, 2.24) is 0 Å². The van der Waals surface area contributed by atoms with E-state index in [2.05, 4.69) is 6.92 Å². The normalized spacial score (nSPS) is 16.9. The van der Waals surface area contributed by atoms with Crippen molar-refractivity contribution >= 4 is 0 Å². The molecule has 68 valence electrons. The van der Waals surface area contributed by atoms with Crippen LogP contribution in [0.1, 0.15) is 58.3 Å². The van der Waals surface area contributed by atoms with Gasteiger partial charge in [-0.05, 0) is 6.42 Å². The third-order valence-corrected chi connectivity index (χ3v) is 2.01. The van der Waals surface area contributed by atoms with Crippen molar-refractivity contribution in [3.8, 4) is 0 Å². The molecule has 0 aromatic carbocycles. The van der Waals surface area contributed by atoms with Gasteiger partial charge in [-0.15, -0.1) is 0 Å². The third-order valence-electron chi connectivity index (χ3n) is 2.01. The van der Waals surface area contributed by atoms with Crippen molar-refractivity contribution < 1.29 is 5.11 Å². The van der Waals surface area contributed by atoms with Gasteiger partial charge in [-0.2, -0.15) is 0 Å². The average molecular weight is 158 g/mol. The van der Waals surface area contributed by atoms with Gasteiger partial charge in [-0.25, -0.2) is 0 Å². The molecule has 1 fully saturated rings. The number of unbranched alkanes of at least 4 members (excludes halogenated alkanes) is 1. The lowest BCUT2D eigenvalue weighted by Gasteiger charge is -2.05. The molecule has 0 amide bonds. The average Bonchev–Trinajstić information content (AvgIpc) is 2.10. The Morgan fingerprint density at radius 2 is 1.27 bits per heavy atom. The fraction of sp³-hybridized carbons (Fsp3) is 1.00. The summed E-state index contributed by atoms with van der Waals surface area (Å²) < 4.78 is 0. The standard InChI is InChI=1S/C6H12.C4H10O/c1-2-4-6-5-3-1;1-2-3-4-5/h1-6H2;5H,2-4H2,1H3. The summed E-state index contributed by atoms with van der Waals surface area (Å²) in [7, 11) is 0. The zero-order chi connectivity index (χ0) is 8.36. The van der Waals surface area contributed by atoms with Gasteiger partial charge in [0, 0.05) is 6.61 Å². The maximum absolute atomic E-state index is 8.07. The summed E-state index contributed by atoms with van der Waals surface area (Å²) in [5, 5.41) is 8.07. The predicted octanol–water partition coefficient (Wildman–Crippen LogP) is 3.12. The van der Waals surface area contributed by atoms with Crippen LogP contribution in [0.5, 0.6) is 0 Å². The van der Waals surface area contributed by atoms with E-state index in [0.717, 1.165) is 12.8 Å². The molecule has 1 N–H and O–H groups in total. The van der Waals surface area contributed by atoms with Gasteiger partial charge in [-0.3, -0.25) is 0 Å². The van der Waals surface area contributed by atoms with Crippen molar-refractivity contribution in [2.45, 2.75) is 58.3 Å². The Labute approximate surface area is 70.8 Å². The van der Waals surface area contributed by atoms with Gasteiger partial charge in [-0.1, -0.05) is 51.9 Å². The molecule has 0 bridgehead atoms. The minimum absolute atomic E-state index is 0.344. The van der Waals surface area contributed by atoms with Gasteiger partial charge >= 0.3 is 0 Å². The number of aliphatic hydroxyl groups excluding tert-OH is 1. The van der Waals surface area contributed by atoms with Crippen LogP contribution in [0, 0.1) is 0 Å². The van der Waals surface area contributed by atoms with Crippen molar-refractivity contribution in [2.75, 3.05) is 6.61 Å².